The summed E-state index contributed by atoms with van der Waals surface area (Å²) < 4.78 is 33.3. The summed E-state index contributed by atoms with van der Waals surface area (Å²) >= 11 is 0. The van der Waals surface area contributed by atoms with Crippen LogP contribution in [0.15, 0.2) is 41.3 Å². The van der Waals surface area contributed by atoms with Gasteiger partial charge in [0.05, 0.1) is 4.90 Å². The Balaban J connectivity index is 1.98. The van der Waals surface area contributed by atoms with Crippen molar-refractivity contribution in [2.45, 2.75) is 23.8 Å². The number of nitrogens with one attached hydrogen (secondary N) is 1. The molecular formula is C15H18N2O3S. The van der Waals surface area contributed by atoms with E-state index in [1.54, 1.807) is 30.3 Å². The molecule has 1 aliphatic rings. The van der Waals surface area contributed by atoms with E-state index in [2.05, 4.69) is 4.72 Å². The zero-order valence-electron chi connectivity index (χ0n) is 11.6. The van der Waals surface area contributed by atoms with Crippen molar-refractivity contribution in [2.24, 2.45) is 0 Å². The van der Waals surface area contributed by atoms with Gasteiger partial charge in [-0.1, -0.05) is 18.2 Å². The molecule has 3 rings (SSSR count). The minimum Gasteiger partial charge on any atom is -0.399 e. The number of fused-ring (bicyclic) bond motifs is 1. The molecule has 0 unspecified atom stereocenters. The summed E-state index contributed by atoms with van der Waals surface area (Å²) in [4.78, 5) is 0.298. The van der Waals surface area contributed by atoms with Crippen LogP contribution in [0.4, 0.5) is 5.69 Å². The number of rotatable bonds is 3. The molecule has 1 fully saturated rings. The van der Waals surface area contributed by atoms with Gasteiger partial charge in [-0.25, -0.2) is 13.1 Å². The summed E-state index contributed by atoms with van der Waals surface area (Å²) in [6, 6.07) is 10.4. The van der Waals surface area contributed by atoms with Gasteiger partial charge < -0.3 is 10.5 Å². The normalized spacial score (nSPS) is 17.1. The smallest absolute Gasteiger partial charge is 0.241 e. The van der Waals surface area contributed by atoms with Crippen LogP contribution in [-0.2, 0) is 14.8 Å². The van der Waals surface area contributed by atoms with Crippen LogP contribution < -0.4 is 10.5 Å². The average molecular weight is 306 g/mol. The Morgan fingerprint density at radius 2 is 1.90 bits per heavy atom. The van der Waals surface area contributed by atoms with Crippen LogP contribution in [0.25, 0.3) is 10.8 Å². The zero-order chi connectivity index (χ0) is 14.9. The number of nitrogens with two attached hydrogens (primary N) is 1. The summed E-state index contributed by atoms with van der Waals surface area (Å²) in [6.45, 7) is 1.19. The van der Waals surface area contributed by atoms with E-state index < -0.39 is 10.0 Å². The second-order valence-electron chi connectivity index (χ2n) is 5.24. The maximum Gasteiger partial charge on any atom is 0.241 e. The largest absolute Gasteiger partial charge is 0.399 e. The molecule has 1 saturated heterocycles. The van der Waals surface area contributed by atoms with Crippen molar-refractivity contribution in [1.29, 1.82) is 0 Å². The highest BCUT2D eigenvalue weighted by Gasteiger charge is 2.23. The lowest BCUT2D eigenvalue weighted by atomic mass is 10.1. The van der Waals surface area contributed by atoms with Crippen LogP contribution in [0.1, 0.15) is 12.8 Å². The van der Waals surface area contributed by atoms with Gasteiger partial charge in [-0.3, -0.25) is 0 Å². The van der Waals surface area contributed by atoms with Crippen LogP contribution >= 0.6 is 0 Å². The molecule has 0 saturated carbocycles. The van der Waals surface area contributed by atoms with Gasteiger partial charge in [-0.2, -0.15) is 0 Å². The highest BCUT2D eigenvalue weighted by Crippen LogP contribution is 2.25. The van der Waals surface area contributed by atoms with Crippen molar-refractivity contribution >= 4 is 26.5 Å². The first-order valence-corrected chi connectivity index (χ1v) is 8.43. The van der Waals surface area contributed by atoms with Gasteiger partial charge >= 0.3 is 0 Å². The number of ether oxygens (including phenoxy) is 1. The van der Waals surface area contributed by atoms with Crippen LogP contribution in [-0.4, -0.2) is 27.7 Å². The fourth-order valence-electron chi connectivity index (χ4n) is 2.61. The van der Waals surface area contributed by atoms with Crippen molar-refractivity contribution in [2.75, 3.05) is 18.9 Å². The molecule has 1 aliphatic heterocycles. The third-order valence-corrected chi connectivity index (χ3v) is 5.28. The minimum absolute atomic E-state index is 0.0622. The van der Waals surface area contributed by atoms with E-state index in [1.807, 2.05) is 6.07 Å². The fourth-order valence-corrected chi connectivity index (χ4v) is 4.14. The van der Waals surface area contributed by atoms with Gasteiger partial charge in [0.1, 0.15) is 0 Å². The first-order chi connectivity index (χ1) is 10.1. The van der Waals surface area contributed by atoms with Gasteiger partial charge in [0, 0.05) is 30.3 Å². The van der Waals surface area contributed by atoms with E-state index in [1.165, 1.54) is 0 Å². The van der Waals surface area contributed by atoms with Gasteiger partial charge in [0.25, 0.3) is 0 Å². The van der Waals surface area contributed by atoms with E-state index >= 15 is 0 Å². The second-order valence-corrected chi connectivity index (χ2v) is 6.93. The topological polar surface area (TPSA) is 81.4 Å². The van der Waals surface area contributed by atoms with E-state index in [0.717, 1.165) is 5.39 Å². The maximum atomic E-state index is 12.6. The van der Waals surface area contributed by atoms with Crippen LogP contribution in [0.5, 0.6) is 0 Å². The Hall–Kier alpha value is -1.63. The van der Waals surface area contributed by atoms with E-state index in [0.29, 0.717) is 42.0 Å². The third kappa shape index (κ3) is 3.02. The molecule has 3 N–H and O–H groups in total. The number of hydrogen-bond acceptors (Lipinski definition) is 4. The number of nitrogen functional groups attached to an aromatic ring is 1. The summed E-state index contributed by atoms with van der Waals surface area (Å²) in [5, 5.41) is 1.51. The Labute approximate surface area is 124 Å². The molecule has 21 heavy (non-hydrogen) atoms. The number of anilines is 1. The Kier molecular flexibility index (Phi) is 3.84. The molecule has 0 amide bonds. The van der Waals surface area contributed by atoms with Crippen molar-refractivity contribution in [1.82, 2.24) is 4.72 Å². The number of sulfonamides is 1. The average Bonchev–Trinajstić information content (AvgIpc) is 2.47. The zero-order valence-corrected chi connectivity index (χ0v) is 12.4. The SMILES string of the molecule is Nc1ccc2c(S(=O)(=O)NC3CCOCC3)cccc2c1. The molecule has 0 aromatic heterocycles. The third-order valence-electron chi connectivity index (χ3n) is 3.70. The summed E-state index contributed by atoms with van der Waals surface area (Å²) in [5.74, 6) is 0. The van der Waals surface area contributed by atoms with E-state index in [-0.39, 0.29) is 6.04 Å². The number of benzene rings is 2. The molecule has 1 heterocycles. The van der Waals surface area contributed by atoms with Gasteiger partial charge in [0.2, 0.25) is 10.0 Å². The molecule has 0 atom stereocenters. The maximum absolute atomic E-state index is 12.6. The Morgan fingerprint density at radius 1 is 1.14 bits per heavy atom. The quantitative estimate of drug-likeness (QED) is 0.848. The molecular weight excluding hydrogens is 288 g/mol. The monoisotopic (exact) mass is 306 g/mol. The lowest BCUT2D eigenvalue weighted by Crippen LogP contribution is -2.38. The molecule has 6 heteroatoms. The lowest BCUT2D eigenvalue weighted by Gasteiger charge is -2.23. The van der Waals surface area contributed by atoms with Crippen molar-refractivity contribution < 1.29 is 13.2 Å². The Morgan fingerprint density at radius 3 is 2.67 bits per heavy atom. The minimum atomic E-state index is -3.55. The van der Waals surface area contributed by atoms with Gasteiger partial charge in [-0.05, 0) is 36.4 Å². The van der Waals surface area contributed by atoms with Crippen LogP contribution in [0.3, 0.4) is 0 Å². The second kappa shape index (κ2) is 5.63. The predicted octanol–water partition coefficient (Wildman–Crippen LogP) is 1.88. The number of hydrogen-bond donors (Lipinski definition) is 2. The van der Waals surface area contributed by atoms with Crippen molar-refractivity contribution in [3.8, 4) is 0 Å². The first-order valence-electron chi connectivity index (χ1n) is 6.94. The molecule has 0 bridgehead atoms. The molecule has 112 valence electrons. The molecule has 0 radical (unpaired) electrons. The highest BCUT2D eigenvalue weighted by atomic mass is 32.2. The lowest BCUT2D eigenvalue weighted by molar-refractivity contribution is 0.0832. The molecule has 0 spiro atoms. The van der Waals surface area contributed by atoms with E-state index in [4.69, 9.17) is 10.5 Å². The van der Waals surface area contributed by atoms with Gasteiger partial charge in [-0.15, -0.1) is 0 Å². The van der Waals surface area contributed by atoms with E-state index in [9.17, 15) is 8.42 Å². The molecule has 5 nitrogen and oxygen atoms in total. The van der Waals surface area contributed by atoms with Crippen LogP contribution in [0, 0.1) is 0 Å². The van der Waals surface area contributed by atoms with Crippen molar-refractivity contribution in [3.05, 3.63) is 36.4 Å². The summed E-state index contributed by atoms with van der Waals surface area (Å²) in [6.07, 6.45) is 1.41. The Bertz CT molecular complexity index is 753. The standard InChI is InChI=1S/C15H18N2O3S/c16-12-4-5-14-11(10-12)2-1-3-15(14)21(18,19)17-13-6-8-20-9-7-13/h1-5,10,13,17H,6-9,16H2. The molecule has 0 aliphatic carbocycles. The van der Waals surface area contributed by atoms with Gasteiger partial charge in [0.15, 0.2) is 0 Å². The molecule has 2 aromatic carbocycles. The summed E-state index contributed by atoms with van der Waals surface area (Å²) in [5.41, 5.74) is 6.37. The first kappa shape index (κ1) is 14.3. The fraction of sp³-hybridized carbons (Fsp3) is 0.333. The van der Waals surface area contributed by atoms with Crippen molar-refractivity contribution in [3.63, 3.8) is 0 Å². The predicted molar refractivity (Wildman–Crippen MR) is 82.5 cm³/mol. The summed E-state index contributed by atoms with van der Waals surface area (Å²) in [7, 11) is -3.55. The molecule has 2 aromatic rings. The highest BCUT2D eigenvalue weighted by molar-refractivity contribution is 7.89. The van der Waals surface area contributed by atoms with Crippen LogP contribution in [0.2, 0.25) is 0 Å².